The topological polar surface area (TPSA) is 46.5 Å². The Morgan fingerprint density at radius 1 is 1.40 bits per heavy atom. The summed E-state index contributed by atoms with van der Waals surface area (Å²) < 4.78 is 4.53. The van der Waals surface area contributed by atoms with Crippen LogP contribution in [-0.4, -0.2) is 24.4 Å². The molecule has 1 aromatic rings. The molecule has 0 aliphatic carbocycles. The fraction of sp³-hybridized carbons (Fsp3) is 0.364. The number of carbonyl (C=O) groups is 1. The number of rotatable bonds is 3. The van der Waals surface area contributed by atoms with E-state index in [0.717, 1.165) is 4.90 Å². The Hall–Kier alpha value is -1.00. The summed E-state index contributed by atoms with van der Waals surface area (Å²) >= 11 is 1.60. The average molecular weight is 226 g/mol. The summed E-state index contributed by atoms with van der Waals surface area (Å²) in [6.45, 7) is 1.42. The predicted molar refractivity (Wildman–Crippen MR) is 59.8 cm³/mol. The zero-order valence-electron chi connectivity index (χ0n) is 8.98. The van der Waals surface area contributed by atoms with E-state index in [1.54, 1.807) is 23.9 Å². The van der Waals surface area contributed by atoms with Gasteiger partial charge >= 0.3 is 5.97 Å². The maximum atomic E-state index is 11.3. The molecule has 3 nitrogen and oxygen atoms in total. The molecule has 1 unspecified atom stereocenters. The van der Waals surface area contributed by atoms with Crippen molar-refractivity contribution in [2.45, 2.75) is 17.4 Å². The molecule has 0 amide bonds. The molecular formula is C11H14O3S. The lowest BCUT2D eigenvalue weighted by molar-refractivity contribution is -0.161. The molecular weight excluding hydrogens is 212 g/mol. The smallest absolute Gasteiger partial charge is 0.342 e. The summed E-state index contributed by atoms with van der Waals surface area (Å²) in [6.07, 6.45) is 1.97. The molecule has 1 atom stereocenters. The van der Waals surface area contributed by atoms with Gasteiger partial charge in [0.2, 0.25) is 0 Å². The summed E-state index contributed by atoms with van der Waals surface area (Å²) in [6, 6.07) is 7.17. The maximum Gasteiger partial charge on any atom is 0.342 e. The number of esters is 1. The molecule has 0 heterocycles. The van der Waals surface area contributed by atoms with Crippen molar-refractivity contribution in [3.63, 3.8) is 0 Å². The van der Waals surface area contributed by atoms with Gasteiger partial charge in [-0.15, -0.1) is 11.8 Å². The van der Waals surface area contributed by atoms with Crippen LogP contribution < -0.4 is 0 Å². The van der Waals surface area contributed by atoms with Gasteiger partial charge in [0.15, 0.2) is 5.60 Å². The fourth-order valence-corrected chi connectivity index (χ4v) is 1.64. The van der Waals surface area contributed by atoms with E-state index >= 15 is 0 Å². The second-order valence-electron chi connectivity index (χ2n) is 3.29. The minimum absolute atomic E-state index is 0.534. The molecule has 0 radical (unpaired) electrons. The monoisotopic (exact) mass is 226 g/mol. The van der Waals surface area contributed by atoms with Crippen molar-refractivity contribution in [3.8, 4) is 0 Å². The highest BCUT2D eigenvalue weighted by Crippen LogP contribution is 2.24. The largest absolute Gasteiger partial charge is 0.467 e. The molecule has 4 heteroatoms. The van der Waals surface area contributed by atoms with Crippen LogP contribution in [0.3, 0.4) is 0 Å². The fourth-order valence-electron chi connectivity index (χ4n) is 1.23. The first-order chi connectivity index (χ1) is 7.02. The third-order valence-corrected chi connectivity index (χ3v) is 2.98. The van der Waals surface area contributed by atoms with Crippen molar-refractivity contribution in [2.75, 3.05) is 13.4 Å². The van der Waals surface area contributed by atoms with Crippen LogP contribution in [0.5, 0.6) is 0 Å². The van der Waals surface area contributed by atoms with Gasteiger partial charge in [-0.05, 0) is 30.9 Å². The van der Waals surface area contributed by atoms with Crippen LogP contribution >= 0.6 is 11.8 Å². The molecule has 0 fully saturated rings. The summed E-state index contributed by atoms with van der Waals surface area (Å²) in [5.41, 5.74) is -1.04. The van der Waals surface area contributed by atoms with E-state index in [1.165, 1.54) is 14.0 Å². The van der Waals surface area contributed by atoms with Gasteiger partial charge in [0.25, 0.3) is 0 Å². The van der Waals surface area contributed by atoms with Crippen LogP contribution in [0.15, 0.2) is 29.2 Å². The van der Waals surface area contributed by atoms with Crippen LogP contribution in [0, 0.1) is 0 Å². The van der Waals surface area contributed by atoms with E-state index in [9.17, 15) is 9.90 Å². The van der Waals surface area contributed by atoms with Gasteiger partial charge in [-0.25, -0.2) is 4.79 Å². The van der Waals surface area contributed by atoms with Gasteiger partial charge < -0.3 is 9.84 Å². The van der Waals surface area contributed by atoms with Crippen LogP contribution in [-0.2, 0) is 15.1 Å². The third-order valence-electron chi connectivity index (χ3n) is 2.23. The normalized spacial score (nSPS) is 14.4. The van der Waals surface area contributed by atoms with Crippen LogP contribution in [0.2, 0.25) is 0 Å². The van der Waals surface area contributed by atoms with Crippen LogP contribution in [0.4, 0.5) is 0 Å². The van der Waals surface area contributed by atoms with Crippen molar-refractivity contribution < 1.29 is 14.6 Å². The SMILES string of the molecule is COC(=O)C(C)(O)c1ccc(SC)cc1. The van der Waals surface area contributed by atoms with Gasteiger partial charge in [0.05, 0.1) is 7.11 Å². The van der Waals surface area contributed by atoms with Gasteiger partial charge in [-0.1, -0.05) is 12.1 Å². The number of thioether (sulfide) groups is 1. The molecule has 0 bridgehead atoms. The van der Waals surface area contributed by atoms with Gasteiger partial charge in [-0.2, -0.15) is 0 Å². The van der Waals surface area contributed by atoms with Crippen LogP contribution in [0.1, 0.15) is 12.5 Å². The number of ether oxygens (including phenoxy) is 1. The Balaban J connectivity index is 3.00. The maximum absolute atomic E-state index is 11.3. The zero-order valence-corrected chi connectivity index (χ0v) is 9.80. The molecule has 0 spiro atoms. The van der Waals surface area contributed by atoms with Crippen molar-refractivity contribution in [1.82, 2.24) is 0 Å². The number of methoxy groups -OCH3 is 1. The highest BCUT2D eigenvalue weighted by atomic mass is 32.2. The van der Waals surface area contributed by atoms with E-state index in [-0.39, 0.29) is 0 Å². The first-order valence-corrected chi connectivity index (χ1v) is 5.70. The lowest BCUT2D eigenvalue weighted by Gasteiger charge is -2.20. The number of benzene rings is 1. The summed E-state index contributed by atoms with van der Waals surface area (Å²) in [5, 5.41) is 9.94. The van der Waals surface area contributed by atoms with Crippen molar-refractivity contribution in [3.05, 3.63) is 29.8 Å². The summed E-state index contributed by atoms with van der Waals surface area (Å²) in [7, 11) is 1.26. The molecule has 0 saturated carbocycles. The number of aliphatic hydroxyl groups is 1. The number of hydrogen-bond donors (Lipinski definition) is 1. The van der Waals surface area contributed by atoms with Gasteiger partial charge in [0.1, 0.15) is 0 Å². The summed E-state index contributed by atoms with van der Waals surface area (Å²) in [4.78, 5) is 12.4. The molecule has 15 heavy (non-hydrogen) atoms. The van der Waals surface area contributed by atoms with Crippen molar-refractivity contribution in [1.29, 1.82) is 0 Å². The first-order valence-electron chi connectivity index (χ1n) is 4.47. The van der Waals surface area contributed by atoms with E-state index in [0.29, 0.717) is 5.56 Å². The first kappa shape index (κ1) is 12.1. The Morgan fingerprint density at radius 2 is 1.93 bits per heavy atom. The Kier molecular flexibility index (Phi) is 3.77. The lowest BCUT2D eigenvalue weighted by atomic mass is 9.96. The second-order valence-corrected chi connectivity index (χ2v) is 4.17. The molecule has 0 aliphatic rings. The number of carbonyl (C=O) groups excluding carboxylic acids is 1. The standard InChI is InChI=1S/C11H14O3S/c1-11(13,10(12)14-2)8-4-6-9(15-3)7-5-8/h4-7,13H,1-3H3. The van der Waals surface area contributed by atoms with Crippen molar-refractivity contribution >= 4 is 17.7 Å². The Bertz CT molecular complexity index is 343. The van der Waals surface area contributed by atoms with E-state index in [1.807, 2.05) is 18.4 Å². The van der Waals surface area contributed by atoms with Gasteiger partial charge in [-0.3, -0.25) is 0 Å². The van der Waals surface area contributed by atoms with E-state index in [4.69, 9.17) is 0 Å². The lowest BCUT2D eigenvalue weighted by Crippen LogP contribution is -2.33. The second kappa shape index (κ2) is 4.68. The predicted octanol–water partition coefficient (Wildman–Crippen LogP) is 1.79. The third kappa shape index (κ3) is 2.52. The minimum Gasteiger partial charge on any atom is -0.467 e. The molecule has 0 aromatic heterocycles. The highest BCUT2D eigenvalue weighted by molar-refractivity contribution is 7.98. The number of hydrogen-bond acceptors (Lipinski definition) is 4. The average Bonchev–Trinajstić information content (AvgIpc) is 2.28. The molecule has 1 N–H and O–H groups in total. The van der Waals surface area contributed by atoms with E-state index in [2.05, 4.69) is 4.74 Å². The molecule has 1 rings (SSSR count). The Labute approximate surface area is 93.4 Å². The highest BCUT2D eigenvalue weighted by Gasteiger charge is 2.33. The molecule has 82 valence electrons. The molecule has 0 aliphatic heterocycles. The van der Waals surface area contributed by atoms with E-state index < -0.39 is 11.6 Å². The quantitative estimate of drug-likeness (QED) is 0.630. The van der Waals surface area contributed by atoms with Crippen molar-refractivity contribution in [2.24, 2.45) is 0 Å². The zero-order chi connectivity index (χ0) is 11.5. The van der Waals surface area contributed by atoms with Gasteiger partial charge in [0, 0.05) is 4.90 Å². The molecule has 1 aromatic carbocycles. The summed E-state index contributed by atoms with van der Waals surface area (Å²) in [5.74, 6) is -0.653. The minimum atomic E-state index is -1.58. The van der Waals surface area contributed by atoms with Crippen LogP contribution in [0.25, 0.3) is 0 Å². The molecule has 0 saturated heterocycles. The Morgan fingerprint density at radius 3 is 2.33 bits per heavy atom.